The van der Waals surface area contributed by atoms with Crippen molar-refractivity contribution in [2.24, 2.45) is 0 Å². The summed E-state index contributed by atoms with van der Waals surface area (Å²) in [6, 6.07) is 12.1. The summed E-state index contributed by atoms with van der Waals surface area (Å²) in [5, 5.41) is 3.29. The second-order valence-corrected chi connectivity index (χ2v) is 4.00. The molecule has 3 aromatic rings. The van der Waals surface area contributed by atoms with Crippen LogP contribution < -0.4 is 5.32 Å². The molecule has 0 saturated carbocycles. The molecule has 0 fully saturated rings. The number of benzene rings is 1. The number of pyridine rings is 1. The van der Waals surface area contributed by atoms with Crippen LogP contribution in [0.3, 0.4) is 0 Å². The molecular formula is C14H14N4. The van der Waals surface area contributed by atoms with Crippen molar-refractivity contribution in [2.45, 2.75) is 6.92 Å². The summed E-state index contributed by atoms with van der Waals surface area (Å²) in [6.45, 7) is 2.90. The smallest absolute Gasteiger partial charge is 0.208 e. The summed E-state index contributed by atoms with van der Waals surface area (Å²) in [4.78, 5) is 8.77. The Bertz CT molecular complexity index is 658. The molecule has 90 valence electrons. The zero-order valence-corrected chi connectivity index (χ0v) is 10.2. The molecule has 1 N–H and O–H groups in total. The highest BCUT2D eigenvalue weighted by Gasteiger charge is 2.11. The Morgan fingerprint density at radius 1 is 1.17 bits per heavy atom. The van der Waals surface area contributed by atoms with E-state index in [9.17, 15) is 0 Å². The number of nitrogens with zero attached hydrogens (tertiary/aromatic N) is 3. The predicted molar refractivity (Wildman–Crippen MR) is 73.0 cm³/mol. The fourth-order valence-electron chi connectivity index (χ4n) is 2.04. The van der Waals surface area contributed by atoms with Crippen molar-refractivity contribution < 1.29 is 0 Å². The molecule has 18 heavy (non-hydrogen) atoms. The molecule has 4 heteroatoms. The highest BCUT2D eigenvalue weighted by molar-refractivity contribution is 5.80. The van der Waals surface area contributed by atoms with Gasteiger partial charge >= 0.3 is 0 Å². The lowest BCUT2D eigenvalue weighted by molar-refractivity contribution is 1.04. The lowest BCUT2D eigenvalue weighted by atomic mass is 10.3. The van der Waals surface area contributed by atoms with Gasteiger partial charge in [-0.15, -0.1) is 0 Å². The number of rotatable bonds is 3. The maximum Gasteiger partial charge on any atom is 0.208 e. The average molecular weight is 238 g/mol. The van der Waals surface area contributed by atoms with E-state index in [1.165, 1.54) is 0 Å². The number of aromatic nitrogens is 3. The molecule has 0 radical (unpaired) electrons. The van der Waals surface area contributed by atoms with Crippen LogP contribution in [0.4, 0.5) is 5.95 Å². The standard InChI is InChI=1S/C14H14N4/c1-2-16-14-17-12-8-9-15-10-13(12)18(14)11-6-4-3-5-7-11/h3-10H,2H2,1H3,(H,16,17). The normalized spacial score (nSPS) is 10.7. The van der Waals surface area contributed by atoms with Crippen LogP contribution in [0.25, 0.3) is 16.7 Å². The molecule has 0 unspecified atom stereocenters. The van der Waals surface area contributed by atoms with Crippen LogP contribution in [0.2, 0.25) is 0 Å². The molecule has 4 nitrogen and oxygen atoms in total. The SMILES string of the molecule is CCNc1nc2ccncc2n1-c1ccccc1. The van der Waals surface area contributed by atoms with E-state index in [-0.39, 0.29) is 0 Å². The highest BCUT2D eigenvalue weighted by atomic mass is 15.2. The van der Waals surface area contributed by atoms with Gasteiger partial charge in [0.05, 0.1) is 17.2 Å². The number of anilines is 1. The lowest BCUT2D eigenvalue weighted by Gasteiger charge is -2.09. The third-order valence-electron chi connectivity index (χ3n) is 2.81. The molecule has 0 saturated heterocycles. The van der Waals surface area contributed by atoms with Gasteiger partial charge in [-0.05, 0) is 25.1 Å². The zero-order chi connectivity index (χ0) is 12.4. The summed E-state index contributed by atoms with van der Waals surface area (Å²) in [7, 11) is 0. The van der Waals surface area contributed by atoms with E-state index in [0.717, 1.165) is 29.2 Å². The zero-order valence-electron chi connectivity index (χ0n) is 10.2. The molecule has 2 heterocycles. The molecule has 0 aliphatic carbocycles. The molecule has 1 aromatic carbocycles. The van der Waals surface area contributed by atoms with Crippen LogP contribution in [0.1, 0.15) is 6.92 Å². The fourth-order valence-corrected chi connectivity index (χ4v) is 2.04. The minimum Gasteiger partial charge on any atom is -0.356 e. The molecule has 0 bridgehead atoms. The van der Waals surface area contributed by atoms with Crippen molar-refractivity contribution >= 4 is 17.0 Å². The first-order chi connectivity index (χ1) is 8.90. The Kier molecular flexibility index (Phi) is 2.68. The van der Waals surface area contributed by atoms with E-state index in [0.29, 0.717) is 0 Å². The van der Waals surface area contributed by atoms with Gasteiger partial charge in [-0.2, -0.15) is 0 Å². The van der Waals surface area contributed by atoms with Crippen molar-refractivity contribution in [1.29, 1.82) is 0 Å². The van der Waals surface area contributed by atoms with Crippen LogP contribution >= 0.6 is 0 Å². The maximum atomic E-state index is 4.59. The fraction of sp³-hybridized carbons (Fsp3) is 0.143. The van der Waals surface area contributed by atoms with E-state index in [1.807, 2.05) is 30.5 Å². The molecule has 3 rings (SSSR count). The summed E-state index contributed by atoms with van der Waals surface area (Å²) in [5.74, 6) is 0.853. The first-order valence-corrected chi connectivity index (χ1v) is 6.02. The number of para-hydroxylation sites is 1. The van der Waals surface area contributed by atoms with Gasteiger partial charge in [0.25, 0.3) is 0 Å². The van der Waals surface area contributed by atoms with E-state index in [4.69, 9.17) is 0 Å². The van der Waals surface area contributed by atoms with Crippen molar-refractivity contribution in [1.82, 2.24) is 14.5 Å². The largest absolute Gasteiger partial charge is 0.356 e. The van der Waals surface area contributed by atoms with Crippen LogP contribution in [-0.2, 0) is 0 Å². The van der Waals surface area contributed by atoms with Gasteiger partial charge in [-0.25, -0.2) is 4.98 Å². The van der Waals surface area contributed by atoms with Crippen molar-refractivity contribution in [2.75, 3.05) is 11.9 Å². The Morgan fingerprint density at radius 2 is 2.00 bits per heavy atom. The van der Waals surface area contributed by atoms with Crippen molar-refractivity contribution in [3.63, 3.8) is 0 Å². The van der Waals surface area contributed by atoms with Crippen LogP contribution in [-0.4, -0.2) is 21.1 Å². The topological polar surface area (TPSA) is 42.7 Å². The minimum atomic E-state index is 0.837. The number of hydrogen-bond acceptors (Lipinski definition) is 3. The first kappa shape index (κ1) is 10.8. The molecule has 0 atom stereocenters. The van der Waals surface area contributed by atoms with Crippen molar-refractivity contribution in [3.8, 4) is 5.69 Å². The quantitative estimate of drug-likeness (QED) is 0.763. The maximum absolute atomic E-state index is 4.59. The Morgan fingerprint density at radius 3 is 2.78 bits per heavy atom. The van der Waals surface area contributed by atoms with E-state index in [2.05, 4.69) is 38.9 Å². The van der Waals surface area contributed by atoms with Crippen LogP contribution in [0.5, 0.6) is 0 Å². The second-order valence-electron chi connectivity index (χ2n) is 4.00. The average Bonchev–Trinajstić information content (AvgIpc) is 2.78. The molecule has 0 amide bonds. The summed E-state index contributed by atoms with van der Waals surface area (Å²) in [6.07, 6.45) is 3.61. The van der Waals surface area contributed by atoms with Gasteiger partial charge in [-0.3, -0.25) is 9.55 Å². The van der Waals surface area contributed by atoms with Gasteiger partial charge in [0.1, 0.15) is 0 Å². The number of imidazole rings is 1. The predicted octanol–water partition coefficient (Wildman–Crippen LogP) is 2.85. The van der Waals surface area contributed by atoms with E-state index >= 15 is 0 Å². The van der Waals surface area contributed by atoms with Gasteiger partial charge in [0.2, 0.25) is 5.95 Å². The number of hydrogen-bond donors (Lipinski definition) is 1. The summed E-state index contributed by atoms with van der Waals surface area (Å²) < 4.78 is 2.09. The molecule has 0 aliphatic heterocycles. The third-order valence-corrected chi connectivity index (χ3v) is 2.81. The second kappa shape index (κ2) is 4.49. The van der Waals surface area contributed by atoms with Crippen LogP contribution in [0, 0.1) is 0 Å². The first-order valence-electron chi connectivity index (χ1n) is 6.02. The van der Waals surface area contributed by atoms with E-state index < -0.39 is 0 Å². The summed E-state index contributed by atoms with van der Waals surface area (Å²) in [5.41, 5.74) is 3.05. The molecule has 2 aromatic heterocycles. The van der Waals surface area contributed by atoms with Crippen molar-refractivity contribution in [3.05, 3.63) is 48.8 Å². The van der Waals surface area contributed by atoms with Gasteiger partial charge in [0, 0.05) is 18.4 Å². The Hall–Kier alpha value is -2.36. The Balaban J connectivity index is 2.28. The Labute approximate surface area is 105 Å². The molecular weight excluding hydrogens is 224 g/mol. The minimum absolute atomic E-state index is 0.837. The highest BCUT2D eigenvalue weighted by Crippen LogP contribution is 2.23. The van der Waals surface area contributed by atoms with Crippen LogP contribution in [0.15, 0.2) is 48.8 Å². The van der Waals surface area contributed by atoms with Gasteiger partial charge in [0.15, 0.2) is 0 Å². The number of fused-ring (bicyclic) bond motifs is 1. The van der Waals surface area contributed by atoms with Gasteiger partial charge < -0.3 is 5.32 Å². The third kappa shape index (κ3) is 1.72. The molecule has 0 aliphatic rings. The monoisotopic (exact) mass is 238 g/mol. The lowest BCUT2D eigenvalue weighted by Crippen LogP contribution is -2.05. The summed E-state index contributed by atoms with van der Waals surface area (Å²) >= 11 is 0. The molecule has 0 spiro atoms. The number of nitrogens with one attached hydrogen (secondary N) is 1. The van der Waals surface area contributed by atoms with Gasteiger partial charge in [-0.1, -0.05) is 18.2 Å². The van der Waals surface area contributed by atoms with E-state index in [1.54, 1.807) is 6.20 Å².